The van der Waals surface area contributed by atoms with E-state index in [4.69, 9.17) is 15.7 Å². The lowest BCUT2D eigenvalue weighted by Crippen LogP contribution is -2.00. The summed E-state index contributed by atoms with van der Waals surface area (Å²) in [4.78, 5) is 0. The van der Waals surface area contributed by atoms with Gasteiger partial charge in [0.1, 0.15) is 11.5 Å². The van der Waals surface area contributed by atoms with Crippen LogP contribution >= 0.6 is 0 Å². The van der Waals surface area contributed by atoms with Crippen LogP contribution < -0.4 is 10.5 Å². The van der Waals surface area contributed by atoms with Gasteiger partial charge in [-0.05, 0) is 61.3 Å². The summed E-state index contributed by atoms with van der Waals surface area (Å²) in [6.07, 6.45) is 1.99. The van der Waals surface area contributed by atoms with Crippen LogP contribution in [0.15, 0.2) is 48.5 Å². The molecule has 0 saturated heterocycles. The average molecular weight is 252 g/mol. The molecule has 0 atom stereocenters. The molecule has 2 N–H and O–H groups in total. The molecule has 2 aromatic carbocycles. The van der Waals surface area contributed by atoms with E-state index in [2.05, 4.69) is 18.2 Å². The van der Waals surface area contributed by atoms with E-state index >= 15 is 0 Å². The average Bonchev–Trinajstić information content (AvgIpc) is 2.47. The molecule has 0 aliphatic carbocycles. The minimum absolute atomic E-state index is 0.629. The Balaban J connectivity index is 2.00. The molecule has 0 unspecified atom stereocenters. The van der Waals surface area contributed by atoms with Gasteiger partial charge < -0.3 is 10.5 Å². The Morgan fingerprint density at radius 2 is 1.53 bits per heavy atom. The van der Waals surface area contributed by atoms with E-state index in [1.807, 2.05) is 12.1 Å². The van der Waals surface area contributed by atoms with Gasteiger partial charge >= 0.3 is 0 Å². The second-order valence-corrected chi connectivity index (χ2v) is 4.27. The number of nitriles is 1. The highest BCUT2D eigenvalue weighted by molar-refractivity contribution is 5.37. The highest BCUT2D eigenvalue weighted by atomic mass is 16.5. The van der Waals surface area contributed by atoms with Crippen molar-refractivity contribution in [2.45, 2.75) is 12.8 Å². The molecule has 2 aromatic rings. The van der Waals surface area contributed by atoms with Crippen molar-refractivity contribution in [3.05, 3.63) is 59.7 Å². The summed E-state index contributed by atoms with van der Waals surface area (Å²) < 4.78 is 5.70. The van der Waals surface area contributed by atoms with Gasteiger partial charge in [0.05, 0.1) is 11.6 Å². The molecule has 0 bridgehead atoms. The third kappa shape index (κ3) is 3.84. The van der Waals surface area contributed by atoms with Crippen LogP contribution in [0.25, 0.3) is 0 Å². The SMILES string of the molecule is N#Cc1ccc(Oc2ccc(CCCN)cc2)cc1. The molecule has 3 nitrogen and oxygen atoms in total. The van der Waals surface area contributed by atoms with Crippen molar-refractivity contribution in [3.8, 4) is 17.6 Å². The second-order valence-electron chi connectivity index (χ2n) is 4.27. The standard InChI is InChI=1S/C16H16N2O/c17-11-1-2-13-3-7-15(8-4-13)19-16-9-5-14(12-18)6-10-16/h3-10H,1-2,11,17H2. The maximum atomic E-state index is 8.72. The monoisotopic (exact) mass is 252 g/mol. The van der Waals surface area contributed by atoms with Gasteiger partial charge in [-0.25, -0.2) is 0 Å². The van der Waals surface area contributed by atoms with Crippen LogP contribution in [0, 0.1) is 11.3 Å². The van der Waals surface area contributed by atoms with Crippen LogP contribution in [-0.2, 0) is 6.42 Å². The van der Waals surface area contributed by atoms with E-state index in [0.29, 0.717) is 12.1 Å². The van der Waals surface area contributed by atoms with Crippen molar-refractivity contribution >= 4 is 0 Å². The number of aryl methyl sites for hydroxylation is 1. The molecule has 0 fully saturated rings. The molecule has 0 aliphatic heterocycles. The van der Waals surface area contributed by atoms with E-state index in [0.717, 1.165) is 24.3 Å². The van der Waals surface area contributed by atoms with Gasteiger partial charge in [0.2, 0.25) is 0 Å². The maximum absolute atomic E-state index is 8.72. The van der Waals surface area contributed by atoms with Crippen LogP contribution in [0.3, 0.4) is 0 Å². The quantitative estimate of drug-likeness (QED) is 0.888. The number of ether oxygens (including phenoxy) is 1. The molecule has 0 aromatic heterocycles. The van der Waals surface area contributed by atoms with Crippen molar-refractivity contribution in [2.24, 2.45) is 5.73 Å². The molecule has 0 aliphatic rings. The summed E-state index contributed by atoms with van der Waals surface area (Å²) in [6.45, 7) is 0.712. The Morgan fingerprint density at radius 3 is 2.05 bits per heavy atom. The third-order valence-electron chi connectivity index (χ3n) is 2.81. The number of nitrogens with zero attached hydrogens (tertiary/aromatic N) is 1. The first-order chi connectivity index (χ1) is 9.31. The van der Waals surface area contributed by atoms with E-state index in [1.165, 1.54) is 5.56 Å². The summed E-state index contributed by atoms with van der Waals surface area (Å²) in [5.41, 5.74) is 7.38. The lowest BCUT2D eigenvalue weighted by Gasteiger charge is -2.06. The molecular formula is C16H16N2O. The molecule has 2 rings (SSSR count). The summed E-state index contributed by atoms with van der Waals surface area (Å²) in [7, 11) is 0. The Bertz CT molecular complexity index is 553. The van der Waals surface area contributed by atoms with Gasteiger partial charge in [-0.15, -0.1) is 0 Å². The number of benzene rings is 2. The Kier molecular flexibility index (Phi) is 4.54. The van der Waals surface area contributed by atoms with Crippen LogP contribution in [-0.4, -0.2) is 6.54 Å². The topological polar surface area (TPSA) is 59.0 Å². The van der Waals surface area contributed by atoms with Crippen molar-refractivity contribution in [1.29, 1.82) is 5.26 Å². The predicted molar refractivity (Wildman–Crippen MR) is 75.0 cm³/mol. The van der Waals surface area contributed by atoms with Gasteiger partial charge in [0.15, 0.2) is 0 Å². The van der Waals surface area contributed by atoms with Crippen LogP contribution in [0.4, 0.5) is 0 Å². The zero-order valence-corrected chi connectivity index (χ0v) is 10.7. The fourth-order valence-corrected chi connectivity index (χ4v) is 1.76. The van der Waals surface area contributed by atoms with Crippen LogP contribution in [0.1, 0.15) is 17.5 Å². The molecule has 0 heterocycles. The molecule has 0 saturated carbocycles. The first-order valence-electron chi connectivity index (χ1n) is 6.29. The largest absolute Gasteiger partial charge is 0.457 e. The van der Waals surface area contributed by atoms with Crippen molar-refractivity contribution in [3.63, 3.8) is 0 Å². The Labute approximate surface area is 113 Å². The first-order valence-corrected chi connectivity index (χ1v) is 6.29. The van der Waals surface area contributed by atoms with Crippen molar-refractivity contribution in [1.82, 2.24) is 0 Å². The van der Waals surface area contributed by atoms with Gasteiger partial charge in [-0.2, -0.15) is 5.26 Å². The molecular weight excluding hydrogens is 236 g/mol. The molecule has 3 heteroatoms. The lowest BCUT2D eigenvalue weighted by atomic mass is 10.1. The van der Waals surface area contributed by atoms with E-state index in [-0.39, 0.29) is 0 Å². The Morgan fingerprint density at radius 1 is 0.947 bits per heavy atom. The van der Waals surface area contributed by atoms with E-state index in [1.54, 1.807) is 24.3 Å². The lowest BCUT2D eigenvalue weighted by molar-refractivity contribution is 0.482. The summed E-state index contributed by atoms with van der Waals surface area (Å²) in [5.74, 6) is 1.52. The highest BCUT2D eigenvalue weighted by Crippen LogP contribution is 2.22. The van der Waals surface area contributed by atoms with Crippen LogP contribution in [0.5, 0.6) is 11.5 Å². The zero-order valence-electron chi connectivity index (χ0n) is 10.7. The van der Waals surface area contributed by atoms with Crippen molar-refractivity contribution < 1.29 is 4.74 Å². The first kappa shape index (κ1) is 13.1. The second kappa shape index (κ2) is 6.58. The van der Waals surface area contributed by atoms with E-state index in [9.17, 15) is 0 Å². The molecule has 19 heavy (non-hydrogen) atoms. The zero-order chi connectivity index (χ0) is 13.5. The minimum atomic E-state index is 0.629. The number of nitrogens with two attached hydrogens (primary N) is 1. The summed E-state index contributed by atoms with van der Waals surface area (Å²) >= 11 is 0. The summed E-state index contributed by atoms with van der Waals surface area (Å²) in [6, 6.07) is 17.1. The molecule has 0 spiro atoms. The maximum Gasteiger partial charge on any atom is 0.127 e. The molecule has 96 valence electrons. The van der Waals surface area contributed by atoms with E-state index < -0.39 is 0 Å². The van der Waals surface area contributed by atoms with Crippen molar-refractivity contribution in [2.75, 3.05) is 6.54 Å². The van der Waals surface area contributed by atoms with Gasteiger partial charge in [0, 0.05) is 0 Å². The fourth-order valence-electron chi connectivity index (χ4n) is 1.76. The van der Waals surface area contributed by atoms with Gasteiger partial charge in [-0.3, -0.25) is 0 Å². The molecule has 0 amide bonds. The normalized spacial score (nSPS) is 9.89. The van der Waals surface area contributed by atoms with Gasteiger partial charge in [0.25, 0.3) is 0 Å². The minimum Gasteiger partial charge on any atom is -0.457 e. The van der Waals surface area contributed by atoms with Gasteiger partial charge in [-0.1, -0.05) is 12.1 Å². The van der Waals surface area contributed by atoms with Crippen LogP contribution in [0.2, 0.25) is 0 Å². The Hall–Kier alpha value is -2.31. The third-order valence-corrected chi connectivity index (χ3v) is 2.81. The highest BCUT2D eigenvalue weighted by Gasteiger charge is 1.98. The smallest absolute Gasteiger partial charge is 0.127 e. The fraction of sp³-hybridized carbons (Fsp3) is 0.188. The number of rotatable bonds is 5. The number of hydrogen-bond donors (Lipinski definition) is 1. The predicted octanol–water partition coefficient (Wildman–Crippen LogP) is 3.24. The molecule has 0 radical (unpaired) electrons. The number of hydrogen-bond acceptors (Lipinski definition) is 3. The summed E-state index contributed by atoms with van der Waals surface area (Å²) in [5, 5.41) is 8.72.